The molecule has 1 aromatic heterocycles. The fourth-order valence-corrected chi connectivity index (χ4v) is 6.81. The van der Waals surface area contributed by atoms with E-state index < -0.39 is 47.6 Å². The number of carbonyl (C=O) groups is 4. The van der Waals surface area contributed by atoms with Crippen LogP contribution in [0.1, 0.15) is 76.2 Å². The lowest BCUT2D eigenvalue weighted by atomic mass is 10.0. The number of amides is 3. The first-order chi connectivity index (χ1) is 22.3. The van der Waals surface area contributed by atoms with Gasteiger partial charge in [0, 0.05) is 29.5 Å². The molecule has 3 heterocycles. The van der Waals surface area contributed by atoms with Crippen molar-refractivity contribution >= 4 is 41.0 Å². The molecule has 244 valence electrons. The van der Waals surface area contributed by atoms with E-state index in [4.69, 9.17) is 9.57 Å². The lowest BCUT2D eigenvalue weighted by Crippen LogP contribution is -2.56. The van der Waals surface area contributed by atoms with E-state index in [9.17, 15) is 24.3 Å². The van der Waals surface area contributed by atoms with Gasteiger partial charge in [-0.2, -0.15) is 0 Å². The van der Waals surface area contributed by atoms with Crippen molar-refractivity contribution in [3.05, 3.63) is 54.2 Å². The van der Waals surface area contributed by atoms with E-state index in [1.54, 1.807) is 6.20 Å². The second kappa shape index (κ2) is 13.9. The Morgan fingerprint density at radius 2 is 1.89 bits per heavy atom. The summed E-state index contributed by atoms with van der Waals surface area (Å²) in [5.41, 5.74) is 0.167. The zero-order chi connectivity index (χ0) is 32.1. The lowest BCUT2D eigenvalue weighted by molar-refractivity contribution is -0.145. The number of nitrogens with one attached hydrogen (secondary N) is 2. The molecule has 6 rings (SSSR count). The summed E-state index contributed by atoms with van der Waals surface area (Å²) in [6.07, 6.45) is 13.1. The molecule has 0 spiro atoms. The fraction of sp³-hybridized carbons (Fsp3) is 0.529. The van der Waals surface area contributed by atoms with E-state index in [2.05, 4.69) is 20.8 Å². The number of para-hydroxylation sites is 1. The van der Waals surface area contributed by atoms with Crippen LogP contribution in [0, 0.1) is 5.92 Å². The van der Waals surface area contributed by atoms with E-state index in [0.717, 1.165) is 61.4 Å². The quantitative estimate of drug-likeness (QED) is 0.244. The van der Waals surface area contributed by atoms with Gasteiger partial charge in [0.05, 0.1) is 18.3 Å². The topological polar surface area (TPSA) is 160 Å². The van der Waals surface area contributed by atoms with Crippen molar-refractivity contribution in [1.29, 1.82) is 0 Å². The summed E-state index contributed by atoms with van der Waals surface area (Å²) >= 11 is 0. The number of hydrogen-bond donors (Lipinski definition) is 3. The van der Waals surface area contributed by atoms with Gasteiger partial charge in [0.1, 0.15) is 29.8 Å². The van der Waals surface area contributed by atoms with Gasteiger partial charge in [0.2, 0.25) is 11.8 Å². The second-order valence-corrected chi connectivity index (χ2v) is 12.8. The molecule has 0 bridgehead atoms. The highest BCUT2D eigenvalue weighted by atomic mass is 16.6. The minimum Gasteiger partial charge on any atom is -0.479 e. The molecule has 2 saturated carbocycles. The van der Waals surface area contributed by atoms with Crippen molar-refractivity contribution in [3.8, 4) is 0 Å². The van der Waals surface area contributed by atoms with E-state index in [-0.39, 0.29) is 31.4 Å². The zero-order valence-electron chi connectivity index (χ0n) is 25.8. The van der Waals surface area contributed by atoms with Crippen LogP contribution in [-0.4, -0.2) is 81.5 Å². The van der Waals surface area contributed by atoms with Crippen LogP contribution in [0.25, 0.3) is 10.9 Å². The van der Waals surface area contributed by atoms with Crippen LogP contribution in [0.3, 0.4) is 0 Å². The molecule has 0 radical (unpaired) electrons. The number of allylic oxidation sites excluding steroid dienone is 1. The lowest BCUT2D eigenvalue weighted by Gasteiger charge is -2.29. The number of ether oxygens (including phenoxy) is 1. The molecule has 2 aliphatic carbocycles. The third-order valence-corrected chi connectivity index (χ3v) is 9.51. The molecule has 3 fully saturated rings. The maximum absolute atomic E-state index is 14.1. The van der Waals surface area contributed by atoms with Crippen LogP contribution in [0.2, 0.25) is 0 Å². The number of oxime groups is 1. The number of fused-ring (bicyclic) bond motifs is 3. The summed E-state index contributed by atoms with van der Waals surface area (Å²) in [4.78, 5) is 64.7. The minimum atomic E-state index is -1.41. The average molecular weight is 632 g/mol. The van der Waals surface area contributed by atoms with Crippen LogP contribution >= 0.6 is 0 Å². The number of aliphatic carboxylic acids is 1. The molecular weight excluding hydrogens is 590 g/mol. The Hall–Kier alpha value is -4.48. The molecule has 1 unspecified atom stereocenters. The number of hydrogen-bond acceptors (Lipinski definition) is 8. The van der Waals surface area contributed by atoms with Crippen molar-refractivity contribution < 1.29 is 33.9 Å². The highest BCUT2D eigenvalue weighted by Crippen LogP contribution is 2.45. The van der Waals surface area contributed by atoms with E-state index in [1.807, 2.05) is 42.5 Å². The first-order valence-corrected chi connectivity index (χ1v) is 16.4. The Morgan fingerprint density at radius 1 is 1.09 bits per heavy atom. The van der Waals surface area contributed by atoms with E-state index in [1.165, 1.54) is 11.1 Å². The third kappa shape index (κ3) is 7.16. The predicted octanol–water partition coefficient (Wildman–Crippen LogP) is 4.07. The van der Waals surface area contributed by atoms with Gasteiger partial charge in [0.25, 0.3) is 0 Å². The molecule has 3 amide bonds. The van der Waals surface area contributed by atoms with Crippen LogP contribution in [0.4, 0.5) is 4.79 Å². The third-order valence-electron chi connectivity index (χ3n) is 9.51. The maximum Gasteiger partial charge on any atom is 0.408 e. The van der Waals surface area contributed by atoms with Gasteiger partial charge in [-0.05, 0) is 63.5 Å². The molecular formula is C34H41N5O7. The number of carboxylic acid groups (broad SMARTS) is 1. The van der Waals surface area contributed by atoms with Crippen molar-refractivity contribution in [2.45, 2.75) is 100 Å². The molecule has 3 N–H and O–H groups in total. The van der Waals surface area contributed by atoms with Crippen molar-refractivity contribution in [2.24, 2.45) is 11.1 Å². The number of nitrogens with zero attached hydrogens (tertiary/aromatic N) is 3. The Balaban J connectivity index is 1.21. The molecule has 46 heavy (non-hydrogen) atoms. The van der Waals surface area contributed by atoms with Crippen LogP contribution in [-0.2, 0) is 24.0 Å². The van der Waals surface area contributed by atoms with Crippen molar-refractivity contribution in [3.63, 3.8) is 0 Å². The molecule has 1 aromatic carbocycles. The summed E-state index contributed by atoms with van der Waals surface area (Å²) in [5.74, 6) is -2.42. The molecule has 2 aliphatic heterocycles. The van der Waals surface area contributed by atoms with Crippen LogP contribution < -0.4 is 10.6 Å². The van der Waals surface area contributed by atoms with Crippen molar-refractivity contribution in [2.75, 3.05) is 6.54 Å². The Kier molecular flexibility index (Phi) is 9.51. The standard InChI is InChI=1S/C34H41N5O7/c40-30-29-17-26(46-36-20-22-16-23-10-6-9-14-27(23)35-19-22)21-39(29)31(41)28(37-33(44)45-25-12-7-8-13-25)15-5-3-1-2-4-11-24-18-34(24,38-30)32(42)43/h4,6,9-11,14,16,19-20,24-26,28-29H,1-3,5,7-8,12-13,15,17-18,21H2,(H,37,44)(H,38,40)(H,42,43)/b11-4-,36-20+/t24?,26-,28+,29+,34-/m1/s1. The fourth-order valence-electron chi connectivity index (χ4n) is 6.81. The number of pyridine rings is 1. The van der Waals surface area contributed by atoms with Gasteiger partial charge in [0.15, 0.2) is 0 Å². The van der Waals surface area contributed by atoms with Crippen LogP contribution in [0.5, 0.6) is 0 Å². The number of alkyl carbamates (subject to hydrolysis) is 1. The highest BCUT2D eigenvalue weighted by Gasteiger charge is 2.61. The number of carbonyl (C=O) groups excluding carboxylic acids is 3. The van der Waals surface area contributed by atoms with E-state index in [0.29, 0.717) is 12.8 Å². The average Bonchev–Trinajstić information content (AvgIpc) is 3.32. The normalized spacial score (nSPS) is 29.7. The van der Waals surface area contributed by atoms with Gasteiger partial charge in [-0.1, -0.05) is 48.3 Å². The summed E-state index contributed by atoms with van der Waals surface area (Å²) in [6.45, 7) is 0.0451. The number of rotatable bonds is 6. The summed E-state index contributed by atoms with van der Waals surface area (Å²) in [6, 6.07) is 7.73. The first-order valence-electron chi connectivity index (χ1n) is 16.4. The molecule has 12 heteroatoms. The Bertz CT molecular complexity index is 1520. The number of aromatic nitrogens is 1. The van der Waals surface area contributed by atoms with Gasteiger partial charge in [-0.3, -0.25) is 14.6 Å². The van der Waals surface area contributed by atoms with E-state index >= 15 is 0 Å². The second-order valence-electron chi connectivity index (χ2n) is 12.8. The van der Waals surface area contributed by atoms with Gasteiger partial charge < -0.3 is 30.2 Å². The SMILES string of the molecule is O=C(N[C@H]1CCCCC/C=C\C2C[C@@]2(C(=O)O)NC(=O)[C@@H]2C[C@@H](O/N=C/c3cnc4ccccc4c3)CN2C1=O)OC1CCCC1. The summed E-state index contributed by atoms with van der Waals surface area (Å²) < 4.78 is 5.60. The minimum absolute atomic E-state index is 0.0451. The maximum atomic E-state index is 14.1. The molecule has 4 aliphatic rings. The summed E-state index contributed by atoms with van der Waals surface area (Å²) in [7, 11) is 0. The van der Waals surface area contributed by atoms with Gasteiger partial charge in [-0.15, -0.1) is 0 Å². The molecule has 12 nitrogen and oxygen atoms in total. The first kappa shape index (κ1) is 31.5. The predicted molar refractivity (Wildman–Crippen MR) is 169 cm³/mol. The zero-order valence-corrected chi connectivity index (χ0v) is 25.8. The monoisotopic (exact) mass is 631 g/mol. The van der Waals surface area contributed by atoms with Gasteiger partial charge in [-0.25, -0.2) is 9.59 Å². The van der Waals surface area contributed by atoms with Crippen LogP contribution in [0.15, 0.2) is 53.8 Å². The molecule has 2 aromatic rings. The smallest absolute Gasteiger partial charge is 0.408 e. The largest absolute Gasteiger partial charge is 0.479 e. The Morgan fingerprint density at radius 3 is 2.72 bits per heavy atom. The number of benzene rings is 1. The van der Waals surface area contributed by atoms with Crippen molar-refractivity contribution in [1.82, 2.24) is 20.5 Å². The summed E-state index contributed by atoms with van der Waals surface area (Å²) in [5, 5.41) is 20.7. The Labute approximate surface area is 267 Å². The van der Waals surface area contributed by atoms with Gasteiger partial charge >= 0.3 is 12.1 Å². The highest BCUT2D eigenvalue weighted by molar-refractivity contribution is 5.96. The molecule has 1 saturated heterocycles. The number of carboxylic acids is 1. The molecule has 5 atom stereocenters.